The Morgan fingerprint density at radius 1 is 1.25 bits per heavy atom. The highest BCUT2D eigenvalue weighted by Gasteiger charge is 2.14. The topological polar surface area (TPSA) is 79.1 Å². The average molecular weight is 274 g/mol. The van der Waals surface area contributed by atoms with E-state index in [2.05, 4.69) is 11.9 Å². The van der Waals surface area contributed by atoms with Crippen LogP contribution in [0, 0.1) is 0 Å². The molecule has 2 rings (SSSR count). The van der Waals surface area contributed by atoms with Gasteiger partial charge in [-0.3, -0.25) is 0 Å². The van der Waals surface area contributed by atoms with Crippen LogP contribution in [-0.2, 0) is 6.42 Å². The number of nitrogens with two attached hydrogens (primary N) is 2. The maximum atomic E-state index is 6.03. The van der Waals surface area contributed by atoms with Crippen molar-refractivity contribution in [3.05, 3.63) is 30.1 Å². The molecular formula is C15H22N4O. The van der Waals surface area contributed by atoms with Crippen molar-refractivity contribution in [1.29, 1.82) is 0 Å². The minimum atomic E-state index is 0.158. The van der Waals surface area contributed by atoms with Crippen LogP contribution in [0.25, 0.3) is 11.3 Å². The number of imidazole rings is 1. The molecule has 0 aliphatic rings. The third-order valence-electron chi connectivity index (χ3n) is 2.99. The quantitative estimate of drug-likeness (QED) is 0.821. The van der Waals surface area contributed by atoms with Crippen LogP contribution in [0.1, 0.15) is 33.0 Å². The van der Waals surface area contributed by atoms with E-state index in [1.807, 2.05) is 38.1 Å². The van der Waals surface area contributed by atoms with Crippen LogP contribution in [0.4, 0.5) is 5.82 Å². The van der Waals surface area contributed by atoms with Crippen LogP contribution in [0.2, 0.25) is 0 Å². The van der Waals surface area contributed by atoms with E-state index in [9.17, 15) is 0 Å². The van der Waals surface area contributed by atoms with Gasteiger partial charge in [-0.15, -0.1) is 0 Å². The maximum Gasteiger partial charge on any atom is 0.150 e. The summed E-state index contributed by atoms with van der Waals surface area (Å²) in [4.78, 5) is 4.53. The van der Waals surface area contributed by atoms with Gasteiger partial charge in [-0.1, -0.05) is 6.92 Å². The molecule has 4 N–H and O–H groups in total. The van der Waals surface area contributed by atoms with Gasteiger partial charge in [0.15, 0.2) is 5.82 Å². The number of aryl methyl sites for hydroxylation is 1. The first kappa shape index (κ1) is 14.2. The summed E-state index contributed by atoms with van der Waals surface area (Å²) in [6, 6.07) is 7.74. The number of ether oxygens (including phenoxy) is 1. The first-order valence-electron chi connectivity index (χ1n) is 6.92. The van der Waals surface area contributed by atoms with Gasteiger partial charge in [0.2, 0.25) is 0 Å². The number of nitrogen functional groups attached to an aromatic ring is 2. The summed E-state index contributed by atoms with van der Waals surface area (Å²) in [7, 11) is 0. The second-order valence-electron chi connectivity index (χ2n) is 5.07. The minimum absolute atomic E-state index is 0.158. The summed E-state index contributed by atoms with van der Waals surface area (Å²) in [6.45, 7) is 6.08. The van der Waals surface area contributed by atoms with Crippen LogP contribution < -0.4 is 16.3 Å². The monoisotopic (exact) mass is 274 g/mol. The van der Waals surface area contributed by atoms with Gasteiger partial charge >= 0.3 is 0 Å². The van der Waals surface area contributed by atoms with E-state index in [1.54, 1.807) is 0 Å². The molecule has 0 aliphatic heterocycles. The van der Waals surface area contributed by atoms with Gasteiger partial charge in [0, 0.05) is 12.0 Å². The SMILES string of the molecule is CCCc1nc(-c2ccc(OC(C)C)cc2)c(N)n1N. The summed E-state index contributed by atoms with van der Waals surface area (Å²) in [6.07, 6.45) is 1.95. The molecule has 0 fully saturated rings. The summed E-state index contributed by atoms with van der Waals surface area (Å²) >= 11 is 0. The first-order chi connectivity index (χ1) is 9.52. The molecule has 0 aliphatic carbocycles. The van der Waals surface area contributed by atoms with E-state index in [-0.39, 0.29) is 6.10 Å². The zero-order valence-corrected chi connectivity index (χ0v) is 12.3. The molecule has 1 aromatic carbocycles. The van der Waals surface area contributed by atoms with E-state index in [0.29, 0.717) is 5.82 Å². The van der Waals surface area contributed by atoms with Gasteiger partial charge in [-0.2, -0.15) is 0 Å². The predicted molar refractivity (Wildman–Crippen MR) is 82.0 cm³/mol. The lowest BCUT2D eigenvalue weighted by Crippen LogP contribution is -2.15. The average Bonchev–Trinajstić information content (AvgIpc) is 2.68. The van der Waals surface area contributed by atoms with Crippen LogP contribution >= 0.6 is 0 Å². The highest BCUT2D eigenvalue weighted by molar-refractivity contribution is 5.71. The largest absolute Gasteiger partial charge is 0.491 e. The number of nitrogens with zero attached hydrogens (tertiary/aromatic N) is 2. The second kappa shape index (κ2) is 5.86. The van der Waals surface area contributed by atoms with Crippen molar-refractivity contribution in [3.63, 3.8) is 0 Å². The van der Waals surface area contributed by atoms with Gasteiger partial charge in [0.1, 0.15) is 17.3 Å². The molecular weight excluding hydrogens is 252 g/mol. The fraction of sp³-hybridized carbons (Fsp3) is 0.400. The highest BCUT2D eigenvalue weighted by atomic mass is 16.5. The lowest BCUT2D eigenvalue weighted by atomic mass is 10.1. The smallest absolute Gasteiger partial charge is 0.150 e. The Hall–Kier alpha value is -2.17. The lowest BCUT2D eigenvalue weighted by Gasteiger charge is -2.09. The number of benzene rings is 1. The van der Waals surface area contributed by atoms with E-state index in [0.717, 1.165) is 35.7 Å². The van der Waals surface area contributed by atoms with Crippen LogP contribution in [-0.4, -0.2) is 15.8 Å². The Labute approximate surface area is 119 Å². The molecule has 5 nitrogen and oxygen atoms in total. The molecule has 1 heterocycles. The van der Waals surface area contributed by atoms with Gasteiger partial charge in [0.25, 0.3) is 0 Å². The first-order valence-corrected chi connectivity index (χ1v) is 6.92. The van der Waals surface area contributed by atoms with E-state index in [4.69, 9.17) is 16.3 Å². The van der Waals surface area contributed by atoms with Crippen LogP contribution in [0.5, 0.6) is 5.75 Å². The Balaban J connectivity index is 2.29. The predicted octanol–water partition coefficient (Wildman–Crippen LogP) is 2.59. The fourth-order valence-corrected chi connectivity index (χ4v) is 2.07. The van der Waals surface area contributed by atoms with Crippen molar-refractivity contribution >= 4 is 5.82 Å². The van der Waals surface area contributed by atoms with Crippen molar-refractivity contribution in [3.8, 4) is 17.0 Å². The summed E-state index contributed by atoms with van der Waals surface area (Å²) in [5.74, 6) is 8.06. The van der Waals surface area contributed by atoms with E-state index < -0.39 is 0 Å². The Bertz CT molecular complexity index is 572. The van der Waals surface area contributed by atoms with Crippen molar-refractivity contribution in [2.45, 2.75) is 39.7 Å². The number of anilines is 1. The van der Waals surface area contributed by atoms with E-state index in [1.165, 1.54) is 4.68 Å². The van der Waals surface area contributed by atoms with Gasteiger partial charge in [-0.05, 0) is 44.5 Å². The molecule has 2 aromatic rings. The molecule has 0 saturated carbocycles. The minimum Gasteiger partial charge on any atom is -0.491 e. The third kappa shape index (κ3) is 2.87. The van der Waals surface area contributed by atoms with Crippen molar-refractivity contribution in [2.24, 2.45) is 0 Å². The molecule has 0 spiro atoms. The Morgan fingerprint density at radius 3 is 2.45 bits per heavy atom. The molecule has 0 amide bonds. The third-order valence-corrected chi connectivity index (χ3v) is 2.99. The summed E-state index contributed by atoms with van der Waals surface area (Å²) in [5, 5.41) is 0. The lowest BCUT2D eigenvalue weighted by molar-refractivity contribution is 0.242. The van der Waals surface area contributed by atoms with Crippen molar-refractivity contribution in [1.82, 2.24) is 9.66 Å². The van der Waals surface area contributed by atoms with Gasteiger partial charge in [-0.25, -0.2) is 9.66 Å². The summed E-state index contributed by atoms with van der Waals surface area (Å²) < 4.78 is 7.09. The molecule has 108 valence electrons. The fourth-order valence-electron chi connectivity index (χ4n) is 2.07. The number of hydrogen-bond acceptors (Lipinski definition) is 4. The molecule has 0 bridgehead atoms. The van der Waals surface area contributed by atoms with E-state index >= 15 is 0 Å². The van der Waals surface area contributed by atoms with Gasteiger partial charge in [0.05, 0.1) is 6.10 Å². The molecule has 1 aromatic heterocycles. The van der Waals surface area contributed by atoms with Crippen molar-refractivity contribution < 1.29 is 4.74 Å². The molecule has 20 heavy (non-hydrogen) atoms. The maximum absolute atomic E-state index is 6.03. The number of aromatic nitrogens is 2. The van der Waals surface area contributed by atoms with Crippen LogP contribution in [0.15, 0.2) is 24.3 Å². The molecule has 0 radical (unpaired) electrons. The molecule has 0 unspecified atom stereocenters. The molecule has 0 atom stereocenters. The zero-order chi connectivity index (χ0) is 14.7. The Morgan fingerprint density at radius 2 is 1.90 bits per heavy atom. The molecule has 5 heteroatoms. The Kier molecular flexibility index (Phi) is 4.17. The highest BCUT2D eigenvalue weighted by Crippen LogP contribution is 2.27. The second-order valence-corrected chi connectivity index (χ2v) is 5.07. The summed E-state index contributed by atoms with van der Waals surface area (Å²) in [5.41, 5.74) is 7.70. The standard InChI is InChI=1S/C15H22N4O/c1-4-5-13-18-14(15(16)19(13)17)11-6-8-12(9-7-11)20-10(2)3/h6-10H,4-5,16-17H2,1-3H3. The normalized spacial score (nSPS) is 11.0. The van der Waals surface area contributed by atoms with Gasteiger partial charge < -0.3 is 16.3 Å². The van der Waals surface area contributed by atoms with Crippen LogP contribution in [0.3, 0.4) is 0 Å². The molecule has 0 saturated heterocycles. The number of hydrogen-bond donors (Lipinski definition) is 2. The van der Waals surface area contributed by atoms with Crippen molar-refractivity contribution in [2.75, 3.05) is 11.6 Å². The number of rotatable bonds is 5. The zero-order valence-electron chi connectivity index (χ0n) is 12.3.